The molecule has 0 N–H and O–H groups in total. The van der Waals surface area contributed by atoms with Crippen LogP contribution < -0.4 is 0 Å². The lowest BCUT2D eigenvalue weighted by molar-refractivity contribution is -0.385. The van der Waals surface area contributed by atoms with E-state index in [0.29, 0.717) is 17.9 Å². The highest BCUT2D eigenvalue weighted by atomic mass is 35.5. The summed E-state index contributed by atoms with van der Waals surface area (Å²) < 4.78 is 0. The Morgan fingerprint density at radius 2 is 2.00 bits per heavy atom. The molecule has 1 unspecified atom stereocenters. The predicted octanol–water partition coefficient (Wildman–Crippen LogP) is 3.40. The van der Waals surface area contributed by atoms with Gasteiger partial charge in [0.25, 0.3) is 5.69 Å². The topological polar surface area (TPSA) is 43.1 Å². The molecule has 0 aliphatic rings. The maximum Gasteiger partial charge on any atom is 0.272 e. The van der Waals surface area contributed by atoms with E-state index >= 15 is 0 Å². The van der Waals surface area contributed by atoms with Crippen LogP contribution in [0.2, 0.25) is 0 Å². The summed E-state index contributed by atoms with van der Waals surface area (Å²) >= 11 is 6.10. The highest BCUT2D eigenvalue weighted by Gasteiger charge is 2.17. The summed E-state index contributed by atoms with van der Waals surface area (Å²) in [4.78, 5) is 10.4. The van der Waals surface area contributed by atoms with Crippen molar-refractivity contribution in [2.24, 2.45) is 5.92 Å². The zero-order valence-electron chi connectivity index (χ0n) is 8.81. The quantitative estimate of drug-likeness (QED) is 0.450. The SMILES string of the molecule is CC(C)C(Cl)Cc1ccccc1[N+](=O)[O-]. The van der Waals surface area contributed by atoms with E-state index < -0.39 is 0 Å². The fourth-order valence-corrected chi connectivity index (χ4v) is 1.47. The number of hydrogen-bond acceptors (Lipinski definition) is 2. The third-order valence-corrected chi connectivity index (χ3v) is 2.98. The van der Waals surface area contributed by atoms with Crippen LogP contribution in [-0.2, 0) is 6.42 Å². The Hall–Kier alpha value is -1.09. The average Bonchev–Trinajstić information content (AvgIpc) is 2.18. The molecular formula is C11H14ClNO2. The molecule has 1 atom stereocenters. The number of rotatable bonds is 4. The van der Waals surface area contributed by atoms with Crippen LogP contribution in [0.4, 0.5) is 5.69 Å². The Balaban J connectivity index is 2.89. The van der Waals surface area contributed by atoms with Gasteiger partial charge in [0, 0.05) is 17.0 Å². The van der Waals surface area contributed by atoms with Crippen LogP contribution in [0.3, 0.4) is 0 Å². The monoisotopic (exact) mass is 227 g/mol. The maximum absolute atomic E-state index is 10.7. The molecule has 0 radical (unpaired) electrons. The van der Waals surface area contributed by atoms with Crippen molar-refractivity contribution >= 4 is 17.3 Å². The molecule has 0 bridgehead atoms. The van der Waals surface area contributed by atoms with Gasteiger partial charge in [-0.3, -0.25) is 10.1 Å². The number of nitro benzene ring substituents is 1. The lowest BCUT2D eigenvalue weighted by Gasteiger charge is -2.12. The lowest BCUT2D eigenvalue weighted by atomic mass is 10.0. The lowest BCUT2D eigenvalue weighted by Crippen LogP contribution is -2.12. The second-order valence-electron chi connectivity index (χ2n) is 3.85. The van der Waals surface area contributed by atoms with Crippen molar-refractivity contribution in [2.75, 3.05) is 0 Å². The number of nitro groups is 1. The van der Waals surface area contributed by atoms with E-state index in [9.17, 15) is 10.1 Å². The summed E-state index contributed by atoms with van der Waals surface area (Å²) in [5, 5.41) is 10.7. The molecule has 0 amide bonds. The molecule has 0 fully saturated rings. The standard InChI is InChI=1S/C11H14ClNO2/c1-8(2)10(12)7-9-5-3-4-6-11(9)13(14)15/h3-6,8,10H,7H2,1-2H3. The van der Waals surface area contributed by atoms with Gasteiger partial charge in [-0.15, -0.1) is 11.6 Å². The van der Waals surface area contributed by atoms with Crippen molar-refractivity contribution in [1.82, 2.24) is 0 Å². The van der Waals surface area contributed by atoms with Crippen LogP contribution in [0.25, 0.3) is 0 Å². The second-order valence-corrected chi connectivity index (χ2v) is 4.41. The molecule has 82 valence electrons. The van der Waals surface area contributed by atoms with Gasteiger partial charge in [0.15, 0.2) is 0 Å². The first kappa shape index (κ1) is 12.0. The van der Waals surface area contributed by atoms with Crippen molar-refractivity contribution in [3.05, 3.63) is 39.9 Å². The van der Waals surface area contributed by atoms with Crippen LogP contribution in [-0.4, -0.2) is 10.3 Å². The van der Waals surface area contributed by atoms with E-state index in [1.165, 1.54) is 6.07 Å². The van der Waals surface area contributed by atoms with Crippen LogP contribution in [0.5, 0.6) is 0 Å². The van der Waals surface area contributed by atoms with E-state index in [1.807, 2.05) is 13.8 Å². The summed E-state index contributed by atoms with van der Waals surface area (Å²) in [5.41, 5.74) is 0.861. The summed E-state index contributed by atoms with van der Waals surface area (Å²) in [6.07, 6.45) is 0.538. The fraction of sp³-hybridized carbons (Fsp3) is 0.455. The molecule has 0 spiro atoms. The van der Waals surface area contributed by atoms with Gasteiger partial charge in [0.05, 0.1) is 4.92 Å². The summed E-state index contributed by atoms with van der Waals surface area (Å²) in [7, 11) is 0. The Labute approximate surface area is 94.2 Å². The average molecular weight is 228 g/mol. The van der Waals surface area contributed by atoms with Crippen molar-refractivity contribution in [3.8, 4) is 0 Å². The first-order valence-electron chi connectivity index (χ1n) is 4.88. The number of halogens is 1. The maximum atomic E-state index is 10.7. The minimum atomic E-state index is -0.362. The van der Waals surface area contributed by atoms with Crippen LogP contribution >= 0.6 is 11.6 Å². The van der Waals surface area contributed by atoms with Crippen LogP contribution in [0, 0.1) is 16.0 Å². The molecular weight excluding hydrogens is 214 g/mol. The highest BCUT2D eigenvalue weighted by molar-refractivity contribution is 6.20. The normalized spacial score (nSPS) is 12.8. The van der Waals surface area contributed by atoms with E-state index in [-0.39, 0.29) is 16.0 Å². The van der Waals surface area contributed by atoms with Gasteiger partial charge in [0.1, 0.15) is 0 Å². The van der Waals surface area contributed by atoms with E-state index in [4.69, 9.17) is 11.6 Å². The Bertz CT molecular complexity index is 352. The molecule has 4 heteroatoms. The first-order valence-corrected chi connectivity index (χ1v) is 5.32. The molecule has 15 heavy (non-hydrogen) atoms. The fourth-order valence-electron chi connectivity index (χ4n) is 1.31. The molecule has 0 saturated carbocycles. The number of benzene rings is 1. The zero-order valence-corrected chi connectivity index (χ0v) is 9.57. The van der Waals surface area contributed by atoms with Gasteiger partial charge in [-0.1, -0.05) is 32.0 Å². The van der Waals surface area contributed by atoms with E-state index in [0.717, 1.165) is 0 Å². The van der Waals surface area contributed by atoms with Gasteiger partial charge in [-0.2, -0.15) is 0 Å². The largest absolute Gasteiger partial charge is 0.272 e. The smallest absolute Gasteiger partial charge is 0.258 e. The number of alkyl halides is 1. The molecule has 0 aliphatic carbocycles. The van der Waals surface area contributed by atoms with Crippen molar-refractivity contribution < 1.29 is 4.92 Å². The van der Waals surface area contributed by atoms with Crippen molar-refractivity contribution in [2.45, 2.75) is 25.6 Å². The van der Waals surface area contributed by atoms with Gasteiger partial charge >= 0.3 is 0 Å². The summed E-state index contributed by atoms with van der Waals surface area (Å²) in [6.45, 7) is 4.01. The molecule has 0 aliphatic heterocycles. The molecule has 1 aromatic carbocycles. The molecule has 0 aromatic heterocycles. The number of para-hydroxylation sites is 1. The van der Waals surface area contributed by atoms with Gasteiger partial charge < -0.3 is 0 Å². The molecule has 1 aromatic rings. The highest BCUT2D eigenvalue weighted by Crippen LogP contribution is 2.23. The Morgan fingerprint density at radius 3 is 2.53 bits per heavy atom. The van der Waals surface area contributed by atoms with Crippen LogP contribution in [0.15, 0.2) is 24.3 Å². The minimum absolute atomic E-state index is 0.0638. The third kappa shape index (κ3) is 3.20. The molecule has 0 saturated heterocycles. The number of nitrogens with zero attached hydrogens (tertiary/aromatic N) is 1. The number of hydrogen-bond donors (Lipinski definition) is 0. The van der Waals surface area contributed by atoms with Gasteiger partial charge in [-0.25, -0.2) is 0 Å². The summed E-state index contributed by atoms with van der Waals surface area (Å²) in [5.74, 6) is 0.312. The van der Waals surface area contributed by atoms with E-state index in [1.54, 1.807) is 18.2 Å². The third-order valence-electron chi connectivity index (χ3n) is 2.33. The van der Waals surface area contributed by atoms with Gasteiger partial charge in [-0.05, 0) is 12.3 Å². The molecule has 0 heterocycles. The molecule has 3 nitrogen and oxygen atoms in total. The Kier molecular flexibility index (Phi) is 4.09. The minimum Gasteiger partial charge on any atom is -0.258 e. The summed E-state index contributed by atoms with van der Waals surface area (Å²) in [6, 6.07) is 6.74. The van der Waals surface area contributed by atoms with E-state index in [2.05, 4.69) is 0 Å². The molecule has 1 rings (SSSR count). The predicted molar refractivity (Wildman–Crippen MR) is 61.3 cm³/mol. The zero-order chi connectivity index (χ0) is 11.4. The second kappa shape index (κ2) is 5.12. The van der Waals surface area contributed by atoms with Gasteiger partial charge in [0.2, 0.25) is 0 Å². The Morgan fingerprint density at radius 1 is 1.40 bits per heavy atom. The van der Waals surface area contributed by atoms with Crippen LogP contribution in [0.1, 0.15) is 19.4 Å². The van der Waals surface area contributed by atoms with Crippen molar-refractivity contribution in [3.63, 3.8) is 0 Å². The van der Waals surface area contributed by atoms with Crippen molar-refractivity contribution in [1.29, 1.82) is 0 Å². The first-order chi connectivity index (χ1) is 7.02.